The summed E-state index contributed by atoms with van der Waals surface area (Å²) in [6.45, 7) is 27.1. The first-order valence-electron chi connectivity index (χ1n) is 47.1. The van der Waals surface area contributed by atoms with Crippen LogP contribution in [-0.2, 0) is 32.5 Å². The lowest BCUT2D eigenvalue weighted by Crippen LogP contribution is -2.28. The lowest BCUT2D eigenvalue weighted by Gasteiger charge is -2.34. The van der Waals surface area contributed by atoms with Gasteiger partial charge in [0.25, 0.3) is 0 Å². The summed E-state index contributed by atoms with van der Waals surface area (Å²) in [6, 6.07) is 123. The molecule has 0 radical (unpaired) electrons. The van der Waals surface area contributed by atoms with Crippen LogP contribution in [0.2, 0.25) is 5.02 Å². The number of hydrogen-bond donors (Lipinski definition) is 0. The maximum absolute atomic E-state index is 10.3. The molecule has 2 aliphatic rings. The molecule has 0 fully saturated rings. The van der Waals surface area contributed by atoms with Gasteiger partial charge in [0.2, 0.25) is 0 Å². The normalized spacial score (nSPS) is 14.2. The van der Waals surface area contributed by atoms with Crippen LogP contribution in [0, 0.1) is 0 Å². The summed E-state index contributed by atoms with van der Waals surface area (Å²) in [5.74, 6) is 0. The number of benzene rings is 17. The van der Waals surface area contributed by atoms with Gasteiger partial charge in [-0.3, -0.25) is 0 Å². The van der Waals surface area contributed by atoms with E-state index in [-0.39, 0.29) is 54.2 Å². The van der Waals surface area contributed by atoms with Crippen molar-refractivity contribution in [3.63, 3.8) is 0 Å². The molecule has 4 heteroatoms. The van der Waals surface area contributed by atoms with E-state index < -0.39 is 59.2 Å². The highest BCUT2D eigenvalue weighted by molar-refractivity contribution is 6.37. The molecule has 1 aromatic heterocycles. The topological polar surface area (TPSA) is 11.4 Å². The lowest BCUT2D eigenvalue weighted by atomic mass is 9.67. The van der Waals surface area contributed by atoms with Gasteiger partial charge in [0.15, 0.2) is 0 Å². The van der Waals surface area contributed by atoms with Crippen LogP contribution in [0.1, 0.15) is 161 Å². The van der Waals surface area contributed by atoms with Gasteiger partial charge >= 0.3 is 0 Å². The summed E-state index contributed by atoms with van der Waals surface area (Å²) in [5, 5.41) is 0.136. The summed E-state index contributed by atoms with van der Waals surface area (Å²) in [5.41, 5.74) is 27.2. The third-order valence-corrected chi connectivity index (χ3v) is 26.2. The molecule has 0 spiro atoms. The zero-order chi connectivity index (χ0) is 92.1. The van der Waals surface area contributed by atoms with E-state index in [4.69, 9.17) is 0 Å². The number of rotatable bonds is 15. The van der Waals surface area contributed by atoms with Gasteiger partial charge in [0, 0.05) is 33.3 Å². The molecule has 18 aromatic rings. The van der Waals surface area contributed by atoms with Gasteiger partial charge in [0.1, 0.15) is 0 Å². The van der Waals surface area contributed by atoms with Crippen molar-refractivity contribution in [2.45, 2.75) is 116 Å². The standard InChI is InChI=1S/C120H102ClN3/c1-115(2,3)89-67-83(68-90(75-89)116(4,5)6)79-39-37-49-93(71-79)122(108-59-33-27-51-96(108)81-63-65-106-102(73-81)98-53-25-31-57-104(98)119(106,85-41-17-13-18-42-85)86-43-19-14-20-44-86)112-77-95(124-110-61-35-29-55-100(110)101-56-30-36-62-111(101)124)78-113(114(112)121)123(94-50-38-40-80(72-94)84-69-91(117(7,8)9)76-92(70-84)118(10,11)12)109-60-34-28-52-97(109)82-64-66-107-103(74-82)99-54-26-32-58-105(99)120(107,87-45-21-15-22-46-87)88-47-23-16-24-48-88/h13-78H,1-12H3/i29D,30D,35D,36D,55D,56D,61D,62D. The number of halogens is 1. The first kappa shape index (κ1) is 70.0. The Hall–Kier alpha value is -13.6. The summed E-state index contributed by atoms with van der Waals surface area (Å²) in [7, 11) is 0. The first-order valence-corrected chi connectivity index (χ1v) is 43.5. The minimum Gasteiger partial charge on any atom is -0.309 e. The fourth-order valence-electron chi connectivity index (χ4n) is 19.6. The predicted octanol–water partition coefficient (Wildman–Crippen LogP) is 33.0. The average Bonchev–Trinajstić information content (AvgIpc) is 1.54. The van der Waals surface area contributed by atoms with E-state index >= 15 is 0 Å². The third kappa shape index (κ3) is 13.3. The number of aromatic nitrogens is 1. The molecule has 0 unspecified atom stereocenters. The monoisotopic (exact) mass is 1630 g/mol. The van der Waals surface area contributed by atoms with E-state index in [9.17, 15) is 22.6 Å². The van der Waals surface area contributed by atoms with E-state index in [1.807, 2.05) is 12.1 Å². The quantitative estimate of drug-likeness (QED) is 0.101. The lowest BCUT2D eigenvalue weighted by molar-refractivity contribution is 0.568. The number of hydrogen-bond acceptors (Lipinski definition) is 2. The molecule has 0 bridgehead atoms. The van der Waals surface area contributed by atoms with Gasteiger partial charge in [-0.15, -0.1) is 0 Å². The molecule has 604 valence electrons. The number of nitrogens with zero attached hydrogens (tertiary/aromatic N) is 3. The highest BCUT2D eigenvalue weighted by Gasteiger charge is 2.48. The Morgan fingerprint density at radius 1 is 0.258 bits per heavy atom. The molecule has 124 heavy (non-hydrogen) atoms. The summed E-state index contributed by atoms with van der Waals surface area (Å²) < 4.78 is 80.2. The van der Waals surface area contributed by atoms with Crippen molar-refractivity contribution in [3.8, 4) is 72.4 Å². The Bertz CT molecular complexity index is 7090. The van der Waals surface area contributed by atoms with Crippen molar-refractivity contribution < 1.29 is 11.0 Å². The van der Waals surface area contributed by atoms with Crippen LogP contribution < -0.4 is 9.80 Å². The van der Waals surface area contributed by atoms with Crippen molar-refractivity contribution in [2.24, 2.45) is 0 Å². The van der Waals surface area contributed by atoms with Gasteiger partial charge < -0.3 is 14.4 Å². The molecule has 0 amide bonds. The zero-order valence-electron chi connectivity index (χ0n) is 80.2. The summed E-state index contributed by atoms with van der Waals surface area (Å²) >= 11 is 9.19. The van der Waals surface area contributed by atoms with Gasteiger partial charge in [0.05, 0.1) is 66.3 Å². The largest absolute Gasteiger partial charge is 0.309 e. The van der Waals surface area contributed by atoms with Gasteiger partial charge in [-0.25, -0.2) is 0 Å². The molecule has 2 aliphatic carbocycles. The van der Waals surface area contributed by atoms with Crippen LogP contribution in [-0.4, -0.2) is 4.57 Å². The van der Waals surface area contributed by atoms with Crippen LogP contribution in [0.3, 0.4) is 0 Å². The van der Waals surface area contributed by atoms with Crippen LogP contribution in [0.15, 0.2) is 400 Å². The summed E-state index contributed by atoms with van der Waals surface area (Å²) in [4.78, 5) is 4.45. The van der Waals surface area contributed by atoms with Crippen LogP contribution in [0.25, 0.3) is 94.3 Å². The van der Waals surface area contributed by atoms with E-state index in [1.54, 1.807) is 4.57 Å². The summed E-state index contributed by atoms with van der Waals surface area (Å²) in [6.07, 6.45) is 0. The second-order valence-corrected chi connectivity index (χ2v) is 37.9. The van der Waals surface area contributed by atoms with Crippen molar-refractivity contribution in [1.82, 2.24) is 4.57 Å². The van der Waals surface area contributed by atoms with Crippen LogP contribution >= 0.6 is 11.6 Å². The second-order valence-electron chi connectivity index (χ2n) is 37.6. The minimum absolute atomic E-state index is 0.0483. The first-order chi connectivity index (χ1) is 63.3. The second kappa shape index (κ2) is 30.5. The minimum atomic E-state index is -0.697. The SMILES string of the molecule is [2H]c1c([2H])c([2H])c2c(c1[2H])c1c([2H])c([2H])c([2H])c([2H])c1n2-c1cc(N(c2cccc(-c3cc(C(C)(C)C)cc(C(C)(C)C)c3)c2)c2ccccc2-c2ccc3c(c2)-c2ccccc2C3(c2ccccc2)c2ccccc2)c(Cl)c(N(c2cccc(-c3cc(C(C)(C)C)cc(C(C)(C)C)c3)c2)c2ccccc2-c2ccc3c(c2)-c2ccccc2C3(c2ccccc2)c2ccccc2)c1. The molecule has 0 N–H and O–H groups in total. The molecular weight excluding hydrogens is 1520 g/mol. The fourth-order valence-corrected chi connectivity index (χ4v) is 19.8. The zero-order valence-corrected chi connectivity index (χ0v) is 73.0. The predicted molar refractivity (Wildman–Crippen MR) is 526 cm³/mol. The molecule has 20 rings (SSSR count). The van der Waals surface area contributed by atoms with Crippen molar-refractivity contribution in [2.75, 3.05) is 9.80 Å². The molecular formula is C120H102ClN3. The van der Waals surface area contributed by atoms with Gasteiger partial charge in [-0.2, -0.15) is 0 Å². The highest BCUT2D eigenvalue weighted by atomic mass is 35.5. The van der Waals surface area contributed by atoms with Crippen molar-refractivity contribution in [1.29, 1.82) is 0 Å². The maximum atomic E-state index is 10.3. The molecule has 0 aliphatic heterocycles. The Morgan fingerprint density at radius 3 is 0.927 bits per heavy atom. The van der Waals surface area contributed by atoms with Crippen LogP contribution in [0.5, 0.6) is 0 Å². The Kier molecular flexibility index (Phi) is 17.2. The Balaban J connectivity index is 0.927. The Labute approximate surface area is 748 Å². The van der Waals surface area contributed by atoms with Crippen molar-refractivity contribution in [3.05, 3.63) is 472 Å². The average molecular weight is 1630 g/mol. The van der Waals surface area contributed by atoms with Crippen LogP contribution in [0.4, 0.5) is 34.1 Å². The van der Waals surface area contributed by atoms with Gasteiger partial charge in [-0.1, -0.05) is 422 Å². The smallest absolute Gasteiger partial charge is 0.0888 e. The molecule has 0 saturated carbocycles. The number of para-hydroxylation sites is 4. The van der Waals surface area contributed by atoms with E-state index in [1.165, 1.54) is 33.4 Å². The third-order valence-electron chi connectivity index (χ3n) is 25.8. The molecule has 1 heterocycles. The molecule has 3 nitrogen and oxygen atoms in total. The van der Waals surface area contributed by atoms with Gasteiger partial charge in [-0.05, 0) is 217 Å². The Morgan fingerprint density at radius 2 is 0.573 bits per heavy atom. The fraction of sp³-hybridized carbons (Fsp3) is 0.150. The molecule has 0 saturated heterocycles. The molecule has 17 aromatic carbocycles. The molecule has 0 atom stereocenters. The highest BCUT2D eigenvalue weighted by Crippen LogP contribution is 2.61. The number of anilines is 6. The van der Waals surface area contributed by atoms with E-state index in [2.05, 4.69) is 433 Å². The number of fused-ring (bicyclic) bond motifs is 9. The van der Waals surface area contributed by atoms with E-state index in [0.717, 1.165) is 112 Å². The maximum Gasteiger partial charge on any atom is 0.0888 e. The van der Waals surface area contributed by atoms with Crippen molar-refractivity contribution >= 4 is 67.5 Å². The van der Waals surface area contributed by atoms with E-state index in [0.29, 0.717) is 22.7 Å².